The van der Waals surface area contributed by atoms with Crippen LogP contribution < -0.4 is 9.62 Å². The second kappa shape index (κ2) is 15.4. The summed E-state index contributed by atoms with van der Waals surface area (Å²) in [5.41, 5.74) is 1.58. The fourth-order valence-electron chi connectivity index (χ4n) is 4.62. The third-order valence-corrected chi connectivity index (χ3v) is 9.82. The van der Waals surface area contributed by atoms with Crippen molar-refractivity contribution in [2.45, 2.75) is 37.2 Å². The molecule has 0 fully saturated rings. The molecule has 0 spiro atoms. The molecule has 44 heavy (non-hydrogen) atoms. The quantitative estimate of drug-likeness (QED) is 0.166. The molecule has 7 nitrogen and oxygen atoms in total. The standard InChI is InChI=1S/C33H32Cl3N3O4S/c1-2-19-37-33(41)31(20-24-11-5-3-6-12-24)38(22-25-13-9-10-16-28(25)34)32(40)23-39(26-17-18-29(35)30(36)21-26)44(42,43)27-14-7-4-8-15-27/h3-18,21,31H,2,19-20,22-23H2,1H3,(H,37,41)/t31-/m1/s1. The summed E-state index contributed by atoms with van der Waals surface area (Å²) in [5, 5.41) is 3.68. The lowest BCUT2D eigenvalue weighted by Crippen LogP contribution is -2.53. The smallest absolute Gasteiger partial charge is 0.264 e. The molecule has 0 aliphatic rings. The molecule has 4 aromatic rings. The molecule has 230 valence electrons. The van der Waals surface area contributed by atoms with Crippen LogP contribution in [0, 0.1) is 0 Å². The fourth-order valence-corrected chi connectivity index (χ4v) is 6.53. The zero-order valence-corrected chi connectivity index (χ0v) is 27.1. The SMILES string of the molecule is CCCNC(=O)[C@@H](Cc1ccccc1)N(Cc1ccccc1Cl)C(=O)CN(c1ccc(Cl)c(Cl)c1)S(=O)(=O)c1ccccc1. The van der Waals surface area contributed by atoms with Crippen LogP contribution in [-0.4, -0.2) is 44.3 Å². The van der Waals surface area contributed by atoms with Crippen LogP contribution in [0.25, 0.3) is 0 Å². The molecule has 0 aliphatic carbocycles. The lowest BCUT2D eigenvalue weighted by Gasteiger charge is -2.34. The highest BCUT2D eigenvalue weighted by molar-refractivity contribution is 7.92. The highest BCUT2D eigenvalue weighted by Gasteiger charge is 2.35. The first kappa shape index (κ1) is 33.3. The maximum absolute atomic E-state index is 14.4. The van der Waals surface area contributed by atoms with Gasteiger partial charge in [0.25, 0.3) is 10.0 Å². The number of nitrogens with zero attached hydrogens (tertiary/aromatic N) is 2. The van der Waals surface area contributed by atoms with E-state index in [-0.39, 0.29) is 39.5 Å². The largest absolute Gasteiger partial charge is 0.354 e. The molecule has 0 saturated heterocycles. The van der Waals surface area contributed by atoms with Crippen molar-refractivity contribution in [1.82, 2.24) is 10.2 Å². The van der Waals surface area contributed by atoms with Crippen molar-refractivity contribution in [2.75, 3.05) is 17.4 Å². The molecule has 11 heteroatoms. The molecule has 4 rings (SSSR count). The van der Waals surface area contributed by atoms with Gasteiger partial charge in [-0.2, -0.15) is 0 Å². The Bertz CT molecular complexity index is 1690. The lowest BCUT2D eigenvalue weighted by atomic mass is 10.0. The van der Waals surface area contributed by atoms with Gasteiger partial charge in [0, 0.05) is 24.5 Å². The zero-order chi connectivity index (χ0) is 31.7. The van der Waals surface area contributed by atoms with E-state index in [4.69, 9.17) is 34.8 Å². The van der Waals surface area contributed by atoms with Crippen molar-refractivity contribution in [2.24, 2.45) is 0 Å². The van der Waals surface area contributed by atoms with E-state index in [9.17, 15) is 18.0 Å². The van der Waals surface area contributed by atoms with Gasteiger partial charge < -0.3 is 10.2 Å². The van der Waals surface area contributed by atoms with E-state index < -0.39 is 28.5 Å². The molecule has 0 radical (unpaired) electrons. The Morgan fingerprint density at radius 2 is 1.43 bits per heavy atom. The van der Waals surface area contributed by atoms with Gasteiger partial charge in [0.1, 0.15) is 12.6 Å². The average molecular weight is 673 g/mol. The summed E-state index contributed by atoms with van der Waals surface area (Å²) in [6, 6.07) is 27.5. The molecule has 4 aromatic carbocycles. The number of amides is 2. The van der Waals surface area contributed by atoms with Crippen LogP contribution >= 0.6 is 34.8 Å². The minimum atomic E-state index is -4.25. The number of benzene rings is 4. The van der Waals surface area contributed by atoms with Gasteiger partial charge in [-0.15, -0.1) is 0 Å². The Labute approximate surface area is 273 Å². The third kappa shape index (κ3) is 8.33. The summed E-state index contributed by atoms with van der Waals surface area (Å²) in [6.07, 6.45) is 0.896. The molecule has 0 aromatic heterocycles. The van der Waals surface area contributed by atoms with Crippen LogP contribution in [-0.2, 0) is 32.6 Å². The predicted molar refractivity (Wildman–Crippen MR) is 177 cm³/mol. The zero-order valence-electron chi connectivity index (χ0n) is 24.0. The molecule has 1 atom stereocenters. The Kier molecular flexibility index (Phi) is 11.7. The average Bonchev–Trinajstić information content (AvgIpc) is 3.03. The maximum atomic E-state index is 14.4. The molecule has 0 bridgehead atoms. The van der Waals surface area contributed by atoms with E-state index in [1.165, 1.54) is 35.2 Å². The topological polar surface area (TPSA) is 86.8 Å². The summed E-state index contributed by atoms with van der Waals surface area (Å²) in [5.74, 6) is -0.966. The number of hydrogen-bond donors (Lipinski definition) is 1. The van der Waals surface area contributed by atoms with Crippen molar-refractivity contribution in [3.63, 3.8) is 0 Å². The van der Waals surface area contributed by atoms with Crippen molar-refractivity contribution in [3.8, 4) is 0 Å². The summed E-state index contributed by atoms with van der Waals surface area (Å²) in [7, 11) is -4.25. The van der Waals surface area contributed by atoms with Gasteiger partial charge >= 0.3 is 0 Å². The number of halogens is 3. The number of anilines is 1. The third-order valence-electron chi connectivity index (χ3n) is 6.92. The number of hydrogen-bond acceptors (Lipinski definition) is 4. The first-order valence-corrected chi connectivity index (χ1v) is 16.6. The van der Waals surface area contributed by atoms with Gasteiger partial charge in [0.15, 0.2) is 0 Å². The normalized spacial score (nSPS) is 11.9. The highest BCUT2D eigenvalue weighted by atomic mass is 35.5. The Balaban J connectivity index is 1.81. The summed E-state index contributed by atoms with van der Waals surface area (Å²) in [4.78, 5) is 29.5. The van der Waals surface area contributed by atoms with Gasteiger partial charge in [-0.3, -0.25) is 13.9 Å². The van der Waals surface area contributed by atoms with Crippen LogP contribution in [0.5, 0.6) is 0 Å². The molecule has 1 N–H and O–H groups in total. The van der Waals surface area contributed by atoms with Crippen molar-refractivity contribution in [3.05, 3.63) is 129 Å². The van der Waals surface area contributed by atoms with Crippen LogP contribution in [0.3, 0.4) is 0 Å². The Hall–Kier alpha value is -3.56. The minimum absolute atomic E-state index is 0.0157. The number of carbonyl (C=O) groups excluding carboxylic acids is 2. The molecule has 2 amide bonds. The second-order valence-corrected chi connectivity index (χ2v) is 13.1. The Morgan fingerprint density at radius 3 is 2.07 bits per heavy atom. The highest BCUT2D eigenvalue weighted by Crippen LogP contribution is 2.31. The first-order valence-electron chi connectivity index (χ1n) is 14.0. The summed E-state index contributed by atoms with van der Waals surface area (Å²) in [6.45, 7) is 1.70. The molecule has 0 saturated carbocycles. The van der Waals surface area contributed by atoms with Crippen LogP contribution in [0.15, 0.2) is 108 Å². The second-order valence-electron chi connectivity index (χ2n) is 10.0. The van der Waals surface area contributed by atoms with E-state index in [2.05, 4.69) is 5.32 Å². The minimum Gasteiger partial charge on any atom is -0.354 e. The van der Waals surface area contributed by atoms with Crippen molar-refractivity contribution < 1.29 is 18.0 Å². The number of carbonyl (C=O) groups is 2. The monoisotopic (exact) mass is 671 g/mol. The van der Waals surface area contributed by atoms with E-state index in [0.717, 1.165) is 9.87 Å². The number of rotatable bonds is 13. The van der Waals surface area contributed by atoms with E-state index in [1.807, 2.05) is 37.3 Å². The molecule has 0 heterocycles. The van der Waals surface area contributed by atoms with Crippen molar-refractivity contribution in [1.29, 1.82) is 0 Å². The van der Waals surface area contributed by atoms with Crippen LogP contribution in [0.2, 0.25) is 15.1 Å². The van der Waals surface area contributed by atoms with Gasteiger partial charge in [0.2, 0.25) is 11.8 Å². The fraction of sp³-hybridized carbons (Fsp3) is 0.212. The molecule has 0 unspecified atom stereocenters. The number of sulfonamides is 1. The predicted octanol–water partition coefficient (Wildman–Crippen LogP) is 7.01. The van der Waals surface area contributed by atoms with E-state index in [1.54, 1.807) is 42.5 Å². The summed E-state index contributed by atoms with van der Waals surface area (Å²) < 4.78 is 29.0. The molecule has 0 aliphatic heterocycles. The Morgan fingerprint density at radius 1 is 0.795 bits per heavy atom. The summed E-state index contributed by atoms with van der Waals surface area (Å²) >= 11 is 18.9. The molecular formula is C33H32Cl3N3O4S. The van der Waals surface area contributed by atoms with Crippen molar-refractivity contribution >= 4 is 62.3 Å². The van der Waals surface area contributed by atoms with E-state index >= 15 is 0 Å². The van der Waals surface area contributed by atoms with Crippen LogP contribution in [0.1, 0.15) is 24.5 Å². The van der Waals surface area contributed by atoms with E-state index in [0.29, 0.717) is 23.6 Å². The van der Waals surface area contributed by atoms with Gasteiger partial charge in [-0.05, 0) is 53.9 Å². The van der Waals surface area contributed by atoms with Gasteiger partial charge in [0.05, 0.1) is 20.6 Å². The van der Waals surface area contributed by atoms with Gasteiger partial charge in [-0.25, -0.2) is 8.42 Å². The van der Waals surface area contributed by atoms with Gasteiger partial charge in [-0.1, -0.05) is 108 Å². The van der Waals surface area contributed by atoms with Crippen LogP contribution in [0.4, 0.5) is 5.69 Å². The maximum Gasteiger partial charge on any atom is 0.264 e. The number of nitrogens with one attached hydrogen (secondary N) is 1. The molecular weight excluding hydrogens is 641 g/mol. The lowest BCUT2D eigenvalue weighted by molar-refractivity contribution is -0.140. The first-order chi connectivity index (χ1) is 21.1.